The maximum atomic E-state index is 13.3. The molecule has 138 valence electrons. The lowest BCUT2D eigenvalue weighted by atomic mass is 10.0. The van der Waals surface area contributed by atoms with Crippen LogP contribution in [0.2, 0.25) is 0 Å². The zero-order valence-electron chi connectivity index (χ0n) is 14.7. The summed E-state index contributed by atoms with van der Waals surface area (Å²) in [5, 5.41) is 4.67. The van der Waals surface area contributed by atoms with Gasteiger partial charge in [0.1, 0.15) is 0 Å². The van der Waals surface area contributed by atoms with Crippen molar-refractivity contribution in [1.82, 2.24) is 4.57 Å². The van der Waals surface area contributed by atoms with E-state index in [1.165, 1.54) is 0 Å². The quantitative estimate of drug-likeness (QED) is 0.235. The molecule has 8 nitrogen and oxygen atoms in total. The number of ketones is 1. The highest BCUT2D eigenvalue weighted by Crippen LogP contribution is 2.45. The fraction of sp³-hybridized carbons (Fsp3) is 0.200. The van der Waals surface area contributed by atoms with Gasteiger partial charge in [0.2, 0.25) is 6.79 Å². The standard InChI is InChI=1S/C20H14N4O4/c21-23-22-6-3-7-24-18-13-8-15-16(28-10-27-15)9-14(13)19(25)17(18)11-4-1-2-5-12(11)20(24)26/h1-2,4-5,8-9H,3,6-7,10H2. The van der Waals surface area contributed by atoms with Crippen LogP contribution in [0.25, 0.3) is 32.5 Å². The Morgan fingerprint density at radius 2 is 1.79 bits per heavy atom. The molecule has 0 amide bonds. The van der Waals surface area contributed by atoms with Gasteiger partial charge in [-0.15, -0.1) is 0 Å². The van der Waals surface area contributed by atoms with Gasteiger partial charge in [0.25, 0.3) is 5.56 Å². The van der Waals surface area contributed by atoms with Gasteiger partial charge in [-0.05, 0) is 30.2 Å². The van der Waals surface area contributed by atoms with Gasteiger partial charge in [0.05, 0.1) is 11.3 Å². The lowest BCUT2D eigenvalue weighted by Crippen LogP contribution is -2.23. The smallest absolute Gasteiger partial charge is 0.258 e. The molecule has 2 aromatic carbocycles. The number of hydrogen-bond donors (Lipinski definition) is 0. The van der Waals surface area contributed by atoms with Crippen molar-refractivity contribution in [3.8, 4) is 22.8 Å². The molecule has 0 spiro atoms. The molecule has 28 heavy (non-hydrogen) atoms. The molecule has 0 saturated heterocycles. The van der Waals surface area contributed by atoms with Gasteiger partial charge in [-0.25, -0.2) is 0 Å². The Kier molecular flexibility index (Phi) is 3.60. The maximum absolute atomic E-state index is 13.3. The summed E-state index contributed by atoms with van der Waals surface area (Å²) in [6.45, 7) is 0.717. The molecule has 0 unspecified atom stereocenters. The van der Waals surface area contributed by atoms with Crippen LogP contribution in [0.3, 0.4) is 0 Å². The second-order valence-electron chi connectivity index (χ2n) is 6.61. The number of nitrogens with zero attached hydrogens (tertiary/aromatic N) is 4. The van der Waals surface area contributed by atoms with Gasteiger partial charge in [0.15, 0.2) is 17.3 Å². The summed E-state index contributed by atoms with van der Waals surface area (Å²) >= 11 is 0. The van der Waals surface area contributed by atoms with Crippen LogP contribution >= 0.6 is 0 Å². The van der Waals surface area contributed by atoms with Crippen molar-refractivity contribution in [1.29, 1.82) is 0 Å². The van der Waals surface area contributed by atoms with Gasteiger partial charge in [-0.1, -0.05) is 23.3 Å². The number of hydrogen-bond acceptors (Lipinski definition) is 5. The van der Waals surface area contributed by atoms with Gasteiger partial charge in [0, 0.05) is 39.9 Å². The Morgan fingerprint density at radius 3 is 2.54 bits per heavy atom. The summed E-state index contributed by atoms with van der Waals surface area (Å²) in [4.78, 5) is 29.2. The van der Waals surface area contributed by atoms with Crippen LogP contribution in [0.1, 0.15) is 22.3 Å². The van der Waals surface area contributed by atoms with E-state index < -0.39 is 0 Å². The lowest BCUT2D eigenvalue weighted by Gasteiger charge is -2.14. The van der Waals surface area contributed by atoms with Crippen LogP contribution in [-0.4, -0.2) is 23.7 Å². The van der Waals surface area contributed by atoms with Crippen LogP contribution in [0.4, 0.5) is 0 Å². The van der Waals surface area contributed by atoms with E-state index in [0.29, 0.717) is 57.6 Å². The fourth-order valence-corrected chi connectivity index (χ4v) is 3.93. The Morgan fingerprint density at radius 1 is 1.07 bits per heavy atom. The lowest BCUT2D eigenvalue weighted by molar-refractivity contribution is 0.104. The Labute approximate surface area is 158 Å². The zero-order chi connectivity index (χ0) is 19.3. The van der Waals surface area contributed by atoms with Crippen molar-refractivity contribution in [2.75, 3.05) is 13.3 Å². The molecule has 2 heterocycles. The number of ether oxygens (including phenoxy) is 2. The number of fused-ring (bicyclic) bond motifs is 6. The molecule has 0 fully saturated rings. The molecular weight excluding hydrogens is 360 g/mol. The highest BCUT2D eigenvalue weighted by atomic mass is 16.7. The average Bonchev–Trinajstić information content (AvgIpc) is 3.28. The monoisotopic (exact) mass is 374 g/mol. The second-order valence-corrected chi connectivity index (χ2v) is 6.61. The molecule has 1 aromatic heterocycles. The SMILES string of the molecule is [N-]=[N+]=NCCCn1c2c(c3ccccc3c1=O)C(=O)c1cc3c(cc1-2)OCO3. The van der Waals surface area contributed by atoms with E-state index in [1.807, 2.05) is 6.07 Å². The molecule has 0 saturated carbocycles. The van der Waals surface area contributed by atoms with Crippen LogP contribution < -0.4 is 15.0 Å². The minimum Gasteiger partial charge on any atom is -0.454 e. The number of carbonyl (C=O) groups excluding carboxylic acids is 1. The van der Waals surface area contributed by atoms with E-state index in [4.69, 9.17) is 15.0 Å². The van der Waals surface area contributed by atoms with E-state index in [9.17, 15) is 9.59 Å². The normalized spacial score (nSPS) is 13.4. The molecule has 3 aromatic rings. The predicted molar refractivity (Wildman–Crippen MR) is 102 cm³/mol. The molecule has 8 heteroatoms. The molecular formula is C20H14N4O4. The minimum absolute atomic E-state index is 0.107. The number of rotatable bonds is 4. The third kappa shape index (κ3) is 2.22. The summed E-state index contributed by atoms with van der Waals surface area (Å²) in [7, 11) is 0. The number of pyridine rings is 1. The molecule has 0 radical (unpaired) electrons. The van der Waals surface area contributed by atoms with E-state index in [-0.39, 0.29) is 24.7 Å². The van der Waals surface area contributed by atoms with Crippen molar-refractivity contribution >= 4 is 16.6 Å². The first kappa shape index (κ1) is 16.4. The zero-order valence-corrected chi connectivity index (χ0v) is 14.7. The molecule has 0 atom stereocenters. The third-order valence-corrected chi connectivity index (χ3v) is 5.12. The third-order valence-electron chi connectivity index (χ3n) is 5.12. The molecule has 1 aliphatic heterocycles. The van der Waals surface area contributed by atoms with Crippen molar-refractivity contribution < 1.29 is 14.3 Å². The van der Waals surface area contributed by atoms with Crippen LogP contribution in [0.15, 0.2) is 46.3 Å². The second kappa shape index (κ2) is 6.14. The summed E-state index contributed by atoms with van der Waals surface area (Å²) < 4.78 is 12.5. The van der Waals surface area contributed by atoms with Gasteiger partial charge in [-0.3, -0.25) is 9.59 Å². The first-order valence-electron chi connectivity index (χ1n) is 8.86. The molecule has 0 bridgehead atoms. The van der Waals surface area contributed by atoms with Crippen molar-refractivity contribution in [3.05, 3.63) is 68.3 Å². The van der Waals surface area contributed by atoms with Crippen molar-refractivity contribution in [3.63, 3.8) is 0 Å². The highest BCUT2D eigenvalue weighted by molar-refractivity contribution is 6.27. The van der Waals surface area contributed by atoms with Gasteiger partial charge in [-0.2, -0.15) is 0 Å². The number of carbonyl (C=O) groups is 1. The topological polar surface area (TPSA) is 106 Å². The summed E-state index contributed by atoms with van der Waals surface area (Å²) in [5.74, 6) is 0.949. The highest BCUT2D eigenvalue weighted by Gasteiger charge is 2.34. The van der Waals surface area contributed by atoms with Crippen LogP contribution in [0, 0.1) is 0 Å². The van der Waals surface area contributed by atoms with E-state index >= 15 is 0 Å². The summed E-state index contributed by atoms with van der Waals surface area (Å²) in [6, 6.07) is 10.6. The molecule has 1 aliphatic carbocycles. The van der Waals surface area contributed by atoms with Crippen molar-refractivity contribution in [2.45, 2.75) is 13.0 Å². The Balaban J connectivity index is 1.80. The van der Waals surface area contributed by atoms with E-state index in [2.05, 4.69) is 10.0 Å². The Hall–Kier alpha value is -3.77. The maximum Gasteiger partial charge on any atom is 0.258 e. The van der Waals surface area contributed by atoms with E-state index in [0.717, 1.165) is 0 Å². The predicted octanol–water partition coefficient (Wildman–Crippen LogP) is 3.64. The average molecular weight is 374 g/mol. The minimum atomic E-state index is -0.173. The van der Waals surface area contributed by atoms with Crippen LogP contribution in [0.5, 0.6) is 11.5 Å². The first-order chi connectivity index (χ1) is 13.7. The molecule has 2 aliphatic rings. The largest absolute Gasteiger partial charge is 0.454 e. The number of benzene rings is 2. The van der Waals surface area contributed by atoms with Crippen molar-refractivity contribution in [2.24, 2.45) is 5.11 Å². The van der Waals surface area contributed by atoms with E-state index in [1.54, 1.807) is 34.9 Å². The van der Waals surface area contributed by atoms with Gasteiger partial charge >= 0.3 is 0 Å². The number of aromatic nitrogens is 1. The van der Waals surface area contributed by atoms with Gasteiger partial charge < -0.3 is 14.0 Å². The number of azide groups is 1. The molecule has 0 N–H and O–H groups in total. The Bertz CT molecular complexity index is 1270. The fourth-order valence-electron chi connectivity index (χ4n) is 3.93. The first-order valence-corrected chi connectivity index (χ1v) is 8.86. The summed E-state index contributed by atoms with van der Waals surface area (Å²) in [6.07, 6.45) is 0.489. The van der Waals surface area contributed by atoms with Crippen LogP contribution in [-0.2, 0) is 6.54 Å². The molecule has 5 rings (SSSR count). The summed E-state index contributed by atoms with van der Waals surface area (Å²) in [5.41, 5.74) is 10.6.